The molecule has 1 atom stereocenters. The maximum atomic E-state index is 14.7. The third kappa shape index (κ3) is 8.72. The van der Waals surface area contributed by atoms with Gasteiger partial charge in [-0.25, -0.2) is 9.18 Å². The fourth-order valence-corrected chi connectivity index (χ4v) is 6.01. The Hall–Kier alpha value is -4.65. The fraction of sp³-hybridized carbons (Fsp3) is 0.316. The molecule has 0 radical (unpaired) electrons. The number of carbonyl (C=O) groups excluding carboxylic acids is 2. The minimum absolute atomic E-state index is 0.129. The number of methoxy groups -OCH3 is 1. The molecule has 5 rings (SSSR count). The molecular weight excluding hydrogens is 567 g/mol. The Morgan fingerprint density at radius 1 is 0.867 bits per heavy atom. The van der Waals surface area contributed by atoms with E-state index < -0.39 is 12.0 Å². The number of nitrogens with one attached hydrogen (secondary N) is 1. The highest BCUT2D eigenvalue weighted by Gasteiger charge is 2.23. The lowest BCUT2D eigenvalue weighted by Crippen LogP contribution is -2.34. The zero-order valence-corrected chi connectivity index (χ0v) is 25.8. The number of ether oxygens (including phenoxy) is 2. The summed E-state index contributed by atoms with van der Waals surface area (Å²) in [6.07, 6.45) is 6.48. The number of anilines is 2. The molecule has 0 heterocycles. The van der Waals surface area contributed by atoms with E-state index in [0.29, 0.717) is 53.7 Å². The molecule has 0 aliphatic heterocycles. The highest BCUT2D eigenvalue weighted by Crippen LogP contribution is 2.28. The van der Waals surface area contributed by atoms with Crippen molar-refractivity contribution in [2.75, 3.05) is 37.0 Å². The molecule has 234 valence electrons. The summed E-state index contributed by atoms with van der Waals surface area (Å²) in [5, 5.41) is 3.25. The van der Waals surface area contributed by atoms with Gasteiger partial charge in [0, 0.05) is 29.8 Å². The van der Waals surface area contributed by atoms with Crippen molar-refractivity contribution in [1.82, 2.24) is 0 Å². The van der Waals surface area contributed by atoms with Crippen molar-refractivity contribution in [3.05, 3.63) is 126 Å². The van der Waals surface area contributed by atoms with Crippen LogP contribution in [0.4, 0.5) is 15.8 Å². The van der Waals surface area contributed by atoms with Gasteiger partial charge in [0.25, 0.3) is 0 Å². The first kappa shape index (κ1) is 31.8. The van der Waals surface area contributed by atoms with Gasteiger partial charge < -0.3 is 19.7 Å². The van der Waals surface area contributed by atoms with Gasteiger partial charge in [-0.2, -0.15) is 0 Å². The van der Waals surface area contributed by atoms with Crippen molar-refractivity contribution in [3.63, 3.8) is 0 Å². The molecule has 1 aliphatic carbocycles. The first-order valence-corrected chi connectivity index (χ1v) is 15.8. The summed E-state index contributed by atoms with van der Waals surface area (Å²) < 4.78 is 25.9. The molecule has 1 N–H and O–H groups in total. The van der Waals surface area contributed by atoms with Crippen molar-refractivity contribution in [1.29, 1.82) is 0 Å². The van der Waals surface area contributed by atoms with Crippen molar-refractivity contribution < 1.29 is 23.5 Å². The van der Waals surface area contributed by atoms with E-state index in [2.05, 4.69) is 10.2 Å². The van der Waals surface area contributed by atoms with Gasteiger partial charge >= 0.3 is 5.97 Å². The number of esters is 1. The van der Waals surface area contributed by atoms with Crippen LogP contribution in [-0.2, 0) is 16.0 Å². The quantitative estimate of drug-likeness (QED) is 0.117. The van der Waals surface area contributed by atoms with Crippen LogP contribution in [0.5, 0.6) is 5.75 Å². The van der Waals surface area contributed by atoms with Gasteiger partial charge in [0.15, 0.2) is 5.78 Å². The monoisotopic (exact) mass is 608 g/mol. The predicted octanol–water partition coefficient (Wildman–Crippen LogP) is 7.72. The summed E-state index contributed by atoms with van der Waals surface area (Å²) in [5.74, 6) is 0.502. The van der Waals surface area contributed by atoms with E-state index in [0.717, 1.165) is 12.1 Å². The Kier molecular flexibility index (Phi) is 11.2. The van der Waals surface area contributed by atoms with Crippen LogP contribution in [0.1, 0.15) is 53.6 Å². The van der Waals surface area contributed by atoms with E-state index in [9.17, 15) is 14.0 Å². The van der Waals surface area contributed by atoms with Gasteiger partial charge in [-0.05, 0) is 60.7 Å². The average molecular weight is 609 g/mol. The Balaban J connectivity index is 1.21. The molecule has 6 nitrogen and oxygen atoms in total. The summed E-state index contributed by atoms with van der Waals surface area (Å²) in [7, 11) is 1.36. The van der Waals surface area contributed by atoms with Crippen LogP contribution in [0, 0.1) is 11.7 Å². The summed E-state index contributed by atoms with van der Waals surface area (Å²) in [6, 6.07) is 30.1. The van der Waals surface area contributed by atoms with Gasteiger partial charge in [0.1, 0.15) is 24.2 Å². The maximum absolute atomic E-state index is 14.7. The molecule has 1 saturated carbocycles. The van der Waals surface area contributed by atoms with Crippen molar-refractivity contribution in [2.45, 2.75) is 44.6 Å². The highest BCUT2D eigenvalue weighted by molar-refractivity contribution is 6.12. The molecule has 4 aromatic carbocycles. The predicted molar refractivity (Wildman–Crippen MR) is 177 cm³/mol. The zero-order chi connectivity index (χ0) is 31.4. The number of halogens is 1. The van der Waals surface area contributed by atoms with Crippen LogP contribution in [-0.4, -0.2) is 44.6 Å². The van der Waals surface area contributed by atoms with E-state index in [1.807, 2.05) is 60.7 Å². The Labute approximate surface area is 265 Å². The molecule has 45 heavy (non-hydrogen) atoms. The van der Waals surface area contributed by atoms with E-state index >= 15 is 0 Å². The number of ketones is 1. The van der Waals surface area contributed by atoms with Crippen LogP contribution in [0.3, 0.4) is 0 Å². The Morgan fingerprint density at radius 3 is 2.29 bits per heavy atom. The number of benzene rings is 4. The van der Waals surface area contributed by atoms with Crippen molar-refractivity contribution >= 4 is 23.1 Å². The lowest BCUT2D eigenvalue weighted by molar-refractivity contribution is -0.141. The van der Waals surface area contributed by atoms with E-state index in [1.165, 1.54) is 45.3 Å². The topological polar surface area (TPSA) is 67.9 Å². The number of nitrogens with zero attached hydrogens (tertiary/aromatic N) is 1. The molecule has 0 amide bonds. The second kappa shape index (κ2) is 15.9. The molecule has 0 spiro atoms. The summed E-state index contributed by atoms with van der Waals surface area (Å²) >= 11 is 0. The summed E-state index contributed by atoms with van der Waals surface area (Å²) in [5.41, 5.74) is 3.14. The lowest BCUT2D eigenvalue weighted by Gasteiger charge is -2.31. The molecule has 1 fully saturated rings. The molecule has 0 bridgehead atoms. The van der Waals surface area contributed by atoms with E-state index in [1.54, 1.807) is 36.4 Å². The Morgan fingerprint density at radius 2 is 1.56 bits per heavy atom. The number of hydrogen-bond acceptors (Lipinski definition) is 6. The largest absolute Gasteiger partial charge is 0.492 e. The minimum atomic E-state index is -0.708. The number of hydrogen-bond donors (Lipinski definition) is 1. The van der Waals surface area contributed by atoms with Crippen molar-refractivity contribution in [2.24, 2.45) is 5.92 Å². The van der Waals surface area contributed by atoms with Crippen molar-refractivity contribution in [3.8, 4) is 5.75 Å². The van der Waals surface area contributed by atoms with Crippen LogP contribution in [0.25, 0.3) is 0 Å². The maximum Gasteiger partial charge on any atom is 0.328 e. The fourth-order valence-electron chi connectivity index (χ4n) is 6.01. The molecular formula is C38H41FN2O4. The average Bonchev–Trinajstić information content (AvgIpc) is 3.09. The third-order valence-electron chi connectivity index (χ3n) is 8.41. The molecule has 0 saturated heterocycles. The molecule has 4 aromatic rings. The molecule has 7 heteroatoms. The van der Waals surface area contributed by atoms with E-state index in [-0.39, 0.29) is 11.6 Å². The SMILES string of the molecule is COC(=O)[C@H](Cc1ccc(OCCN(CC2CCCCC2)c2ccccc2F)cc1)Nc1ccccc1C(=O)c1ccccc1. The zero-order valence-electron chi connectivity index (χ0n) is 25.8. The minimum Gasteiger partial charge on any atom is -0.492 e. The number of para-hydroxylation sites is 2. The highest BCUT2D eigenvalue weighted by atomic mass is 19.1. The second-order valence-corrected chi connectivity index (χ2v) is 11.6. The second-order valence-electron chi connectivity index (χ2n) is 11.6. The Bertz CT molecular complexity index is 1540. The van der Waals surface area contributed by atoms with Gasteiger partial charge in [-0.3, -0.25) is 4.79 Å². The summed E-state index contributed by atoms with van der Waals surface area (Å²) in [6.45, 7) is 1.82. The normalized spacial score (nSPS) is 13.9. The van der Waals surface area contributed by atoms with Gasteiger partial charge in [-0.15, -0.1) is 0 Å². The lowest BCUT2D eigenvalue weighted by atomic mass is 9.89. The molecule has 1 aliphatic rings. The van der Waals surface area contributed by atoms with Gasteiger partial charge in [-0.1, -0.05) is 86.0 Å². The molecule has 0 unspecified atom stereocenters. The van der Waals surface area contributed by atoms with E-state index in [4.69, 9.17) is 9.47 Å². The smallest absolute Gasteiger partial charge is 0.328 e. The molecule has 0 aromatic heterocycles. The number of carbonyl (C=O) groups is 2. The summed E-state index contributed by atoms with van der Waals surface area (Å²) in [4.78, 5) is 28.1. The number of rotatable bonds is 14. The van der Waals surface area contributed by atoms with Crippen LogP contribution in [0.2, 0.25) is 0 Å². The first-order valence-electron chi connectivity index (χ1n) is 15.8. The third-order valence-corrected chi connectivity index (χ3v) is 8.41. The van der Waals surface area contributed by atoms with Gasteiger partial charge in [0.05, 0.1) is 19.3 Å². The van der Waals surface area contributed by atoms with Crippen LogP contribution >= 0.6 is 0 Å². The van der Waals surface area contributed by atoms with Crippen LogP contribution < -0.4 is 15.0 Å². The standard InChI is InChI=1S/C38H41FN2O4/c1-44-38(43)35(40-34-18-10-8-16-32(34)37(42)30-14-6-3-7-15-30)26-28-20-22-31(23-21-28)45-25-24-41(27-29-12-4-2-5-13-29)36-19-11-9-17-33(36)39/h3,6-11,14-23,29,35,40H,2,4-5,12-13,24-27H2,1H3/t35-/m0/s1. The first-order chi connectivity index (χ1) is 22.0. The van der Waals surface area contributed by atoms with Crippen LogP contribution in [0.15, 0.2) is 103 Å². The van der Waals surface area contributed by atoms with Gasteiger partial charge in [0.2, 0.25) is 0 Å².